The lowest BCUT2D eigenvalue weighted by atomic mass is 9.77. The Morgan fingerprint density at radius 3 is 3.00 bits per heavy atom. The molecule has 0 amide bonds. The van der Waals surface area contributed by atoms with Gasteiger partial charge in [0.1, 0.15) is 0 Å². The average Bonchev–Trinajstić information content (AvgIpc) is 2.54. The summed E-state index contributed by atoms with van der Waals surface area (Å²) in [5.74, 6) is 3.06. The van der Waals surface area contributed by atoms with Gasteiger partial charge in [-0.2, -0.15) is 0 Å². The predicted octanol–water partition coefficient (Wildman–Crippen LogP) is 1.54. The number of methoxy groups -OCH3 is 1. The minimum Gasteiger partial charge on any atom is -0.501 e. The van der Waals surface area contributed by atoms with Crippen molar-refractivity contribution in [2.45, 2.75) is 6.42 Å². The molecule has 68 valence electrons. The van der Waals surface area contributed by atoms with Crippen molar-refractivity contribution in [1.82, 2.24) is 0 Å². The monoisotopic (exact) mass is 176 g/mol. The Morgan fingerprint density at radius 2 is 2.23 bits per heavy atom. The Labute approximate surface area is 77.3 Å². The highest BCUT2D eigenvalue weighted by Crippen LogP contribution is 2.55. The molecule has 0 spiro atoms. The van der Waals surface area contributed by atoms with Gasteiger partial charge in [-0.3, -0.25) is 4.79 Å². The molecule has 3 rings (SSSR count). The summed E-state index contributed by atoms with van der Waals surface area (Å²) in [5.41, 5.74) is 0. The topological polar surface area (TPSA) is 26.3 Å². The summed E-state index contributed by atoms with van der Waals surface area (Å²) in [6.45, 7) is 0. The minimum atomic E-state index is 0.213. The van der Waals surface area contributed by atoms with Crippen LogP contribution in [0.1, 0.15) is 6.42 Å². The van der Waals surface area contributed by atoms with E-state index in [1.54, 1.807) is 13.2 Å². The zero-order chi connectivity index (χ0) is 9.00. The molecule has 0 unspecified atom stereocenters. The summed E-state index contributed by atoms with van der Waals surface area (Å²) < 4.78 is 5.24. The predicted molar refractivity (Wildman–Crippen MR) is 47.8 cm³/mol. The molecule has 3 aliphatic carbocycles. The van der Waals surface area contributed by atoms with Crippen molar-refractivity contribution < 1.29 is 9.53 Å². The molecule has 1 fully saturated rings. The summed E-state index contributed by atoms with van der Waals surface area (Å²) in [7, 11) is 1.70. The van der Waals surface area contributed by atoms with Crippen LogP contribution in [0.25, 0.3) is 0 Å². The number of allylic oxidation sites excluding steroid dienone is 4. The van der Waals surface area contributed by atoms with E-state index in [4.69, 9.17) is 4.74 Å². The average molecular weight is 176 g/mol. The van der Waals surface area contributed by atoms with Crippen LogP contribution >= 0.6 is 0 Å². The van der Waals surface area contributed by atoms with Crippen LogP contribution < -0.4 is 0 Å². The molecular formula is C11H12O2. The van der Waals surface area contributed by atoms with Crippen LogP contribution in [-0.2, 0) is 9.53 Å². The molecule has 0 N–H and O–H groups in total. The zero-order valence-electron chi connectivity index (χ0n) is 7.57. The summed E-state index contributed by atoms with van der Waals surface area (Å²) in [6, 6.07) is 0. The molecule has 0 bridgehead atoms. The Bertz CT molecular complexity index is 327. The summed E-state index contributed by atoms with van der Waals surface area (Å²) >= 11 is 0. The van der Waals surface area contributed by atoms with Crippen molar-refractivity contribution in [2.24, 2.45) is 23.7 Å². The van der Waals surface area contributed by atoms with Gasteiger partial charge in [-0.05, 0) is 30.4 Å². The number of hydrogen-bond donors (Lipinski definition) is 0. The standard InChI is InChI=1S/C11H12O2/c1-13-9-5-7-4-6-2-3-8(12)10(6)11(7)9/h2-3,5-7,10-11H,4H2,1H3/t6-,7-,10+,11-/m0/s1. The van der Waals surface area contributed by atoms with Crippen LogP contribution in [0.3, 0.4) is 0 Å². The van der Waals surface area contributed by atoms with Crippen LogP contribution in [0.4, 0.5) is 0 Å². The van der Waals surface area contributed by atoms with Gasteiger partial charge in [0, 0.05) is 11.8 Å². The van der Waals surface area contributed by atoms with E-state index in [1.165, 1.54) is 0 Å². The smallest absolute Gasteiger partial charge is 0.159 e. The maximum Gasteiger partial charge on any atom is 0.159 e. The molecule has 0 aromatic rings. The Morgan fingerprint density at radius 1 is 1.38 bits per heavy atom. The summed E-state index contributed by atoms with van der Waals surface area (Å²) in [4.78, 5) is 11.5. The highest BCUT2D eigenvalue weighted by molar-refractivity contribution is 5.95. The summed E-state index contributed by atoms with van der Waals surface area (Å²) in [6.07, 6.45) is 7.14. The van der Waals surface area contributed by atoms with Gasteiger partial charge in [0.05, 0.1) is 12.9 Å². The van der Waals surface area contributed by atoms with Gasteiger partial charge in [0.25, 0.3) is 0 Å². The Kier molecular flexibility index (Phi) is 1.27. The van der Waals surface area contributed by atoms with Gasteiger partial charge < -0.3 is 4.74 Å². The molecule has 13 heavy (non-hydrogen) atoms. The van der Waals surface area contributed by atoms with Crippen molar-refractivity contribution in [3.8, 4) is 0 Å². The number of ketones is 1. The maximum absolute atomic E-state index is 11.5. The number of fused-ring (bicyclic) bond motifs is 3. The molecule has 0 radical (unpaired) electrons. The fraction of sp³-hybridized carbons (Fsp3) is 0.545. The van der Waals surface area contributed by atoms with Crippen LogP contribution in [0.2, 0.25) is 0 Å². The molecule has 1 saturated carbocycles. The number of ether oxygens (including phenoxy) is 1. The van der Waals surface area contributed by atoms with Crippen molar-refractivity contribution >= 4 is 5.78 Å². The molecule has 0 saturated heterocycles. The fourth-order valence-corrected chi connectivity index (χ4v) is 3.02. The SMILES string of the molecule is COC1=C[C@@H]2C[C@@H]3C=CC(=O)[C@@H]3[C@H]12. The fourth-order valence-electron chi connectivity index (χ4n) is 3.02. The van der Waals surface area contributed by atoms with Gasteiger partial charge in [-0.25, -0.2) is 0 Å². The first-order valence-electron chi connectivity index (χ1n) is 4.79. The molecule has 2 nitrogen and oxygen atoms in total. The van der Waals surface area contributed by atoms with Gasteiger partial charge in [0.2, 0.25) is 0 Å². The molecule has 3 aliphatic rings. The van der Waals surface area contributed by atoms with Crippen molar-refractivity contribution in [1.29, 1.82) is 0 Å². The minimum absolute atomic E-state index is 0.213. The van der Waals surface area contributed by atoms with Crippen LogP contribution in [-0.4, -0.2) is 12.9 Å². The third kappa shape index (κ3) is 0.761. The second-order valence-electron chi connectivity index (χ2n) is 4.15. The van der Waals surface area contributed by atoms with E-state index < -0.39 is 0 Å². The lowest BCUT2D eigenvalue weighted by molar-refractivity contribution is -0.119. The highest BCUT2D eigenvalue weighted by atomic mass is 16.5. The number of carbonyl (C=O) groups is 1. The molecule has 2 heteroatoms. The van der Waals surface area contributed by atoms with E-state index in [9.17, 15) is 4.79 Å². The maximum atomic E-state index is 11.5. The largest absolute Gasteiger partial charge is 0.501 e. The molecule has 0 aromatic carbocycles. The van der Waals surface area contributed by atoms with Crippen LogP contribution in [0.15, 0.2) is 24.0 Å². The lowest BCUT2D eigenvalue weighted by Crippen LogP contribution is -2.29. The quantitative estimate of drug-likeness (QED) is 0.605. The molecule has 0 heterocycles. The second-order valence-corrected chi connectivity index (χ2v) is 4.15. The van der Waals surface area contributed by atoms with E-state index in [-0.39, 0.29) is 5.92 Å². The molecule has 4 atom stereocenters. The first-order valence-corrected chi connectivity index (χ1v) is 4.79. The lowest BCUT2D eigenvalue weighted by Gasteiger charge is -2.31. The third-order valence-electron chi connectivity index (χ3n) is 3.63. The van der Waals surface area contributed by atoms with Gasteiger partial charge in [-0.15, -0.1) is 0 Å². The Hall–Kier alpha value is -1.05. The van der Waals surface area contributed by atoms with Crippen LogP contribution in [0.5, 0.6) is 0 Å². The van der Waals surface area contributed by atoms with Crippen LogP contribution in [0, 0.1) is 23.7 Å². The van der Waals surface area contributed by atoms with E-state index in [2.05, 4.69) is 12.2 Å². The second kappa shape index (κ2) is 2.25. The van der Waals surface area contributed by atoms with Gasteiger partial charge in [-0.1, -0.05) is 6.08 Å². The molecular weight excluding hydrogens is 164 g/mol. The number of carbonyl (C=O) groups excluding carboxylic acids is 1. The number of rotatable bonds is 1. The third-order valence-corrected chi connectivity index (χ3v) is 3.63. The van der Waals surface area contributed by atoms with Crippen molar-refractivity contribution in [3.05, 3.63) is 24.0 Å². The van der Waals surface area contributed by atoms with Gasteiger partial charge >= 0.3 is 0 Å². The first-order chi connectivity index (χ1) is 6.31. The normalized spacial score (nSPS) is 45.3. The van der Waals surface area contributed by atoms with E-state index in [0.717, 1.165) is 12.2 Å². The summed E-state index contributed by atoms with van der Waals surface area (Å²) in [5, 5.41) is 0. The van der Waals surface area contributed by atoms with E-state index >= 15 is 0 Å². The van der Waals surface area contributed by atoms with Crippen molar-refractivity contribution in [2.75, 3.05) is 7.11 Å². The Balaban J connectivity index is 1.92. The zero-order valence-corrected chi connectivity index (χ0v) is 7.57. The first kappa shape index (κ1) is 7.36. The van der Waals surface area contributed by atoms with Crippen molar-refractivity contribution in [3.63, 3.8) is 0 Å². The van der Waals surface area contributed by atoms with E-state index in [0.29, 0.717) is 23.5 Å². The molecule has 0 aromatic heterocycles. The van der Waals surface area contributed by atoms with Gasteiger partial charge in [0.15, 0.2) is 5.78 Å². The van der Waals surface area contributed by atoms with E-state index in [1.807, 2.05) is 0 Å². The molecule has 0 aliphatic heterocycles. The highest BCUT2D eigenvalue weighted by Gasteiger charge is 2.53. The number of hydrogen-bond acceptors (Lipinski definition) is 2.